The zero-order valence-electron chi connectivity index (χ0n) is 20.5. The minimum Gasteiger partial charge on any atom is -0.497 e. The molecule has 1 unspecified atom stereocenters. The van der Waals surface area contributed by atoms with Crippen molar-refractivity contribution in [2.45, 2.75) is 51.0 Å². The number of rotatable bonds is 11. The van der Waals surface area contributed by atoms with E-state index in [-0.39, 0.29) is 5.91 Å². The number of aliphatic hydroxyl groups excluding tert-OH is 1. The summed E-state index contributed by atoms with van der Waals surface area (Å²) in [5.74, 6) is 0.264. The van der Waals surface area contributed by atoms with Gasteiger partial charge in [-0.1, -0.05) is 11.6 Å². The normalized spacial score (nSPS) is 16.7. The van der Waals surface area contributed by atoms with E-state index in [1.807, 2.05) is 35.3 Å². The molecule has 1 aromatic carbocycles. The Morgan fingerprint density at radius 3 is 2.81 bits per heavy atom. The lowest BCUT2D eigenvalue weighted by atomic mass is 9.73. The fraction of sp³-hybridized carbons (Fsp3) is 0.500. The van der Waals surface area contributed by atoms with Crippen LogP contribution in [0.2, 0.25) is 5.02 Å². The zero-order valence-corrected chi connectivity index (χ0v) is 22.0. The van der Waals surface area contributed by atoms with Gasteiger partial charge in [0.2, 0.25) is 5.91 Å². The lowest BCUT2D eigenvalue weighted by Crippen LogP contribution is -2.48. The molecule has 1 amide bonds. The van der Waals surface area contributed by atoms with Crippen molar-refractivity contribution in [3.63, 3.8) is 0 Å². The number of ether oxygens (including phenoxy) is 1. The lowest BCUT2D eigenvalue weighted by Gasteiger charge is -2.40. The van der Waals surface area contributed by atoms with Crippen molar-refractivity contribution in [2.24, 2.45) is 5.41 Å². The highest BCUT2D eigenvalue weighted by Gasteiger charge is 2.41. The summed E-state index contributed by atoms with van der Waals surface area (Å²) in [5, 5.41) is 24.9. The maximum absolute atomic E-state index is 12.8. The molecular formula is C26H33ClN4O4S. The largest absolute Gasteiger partial charge is 0.497 e. The van der Waals surface area contributed by atoms with Crippen molar-refractivity contribution in [2.75, 3.05) is 26.7 Å². The van der Waals surface area contributed by atoms with Gasteiger partial charge in [0.15, 0.2) is 0 Å². The van der Waals surface area contributed by atoms with Crippen molar-refractivity contribution in [1.82, 2.24) is 20.3 Å². The molecule has 1 aliphatic heterocycles. The SMILES string of the molecule is COc1ccc2ncc(Cl)c(C(O)CCC3(C(=O)NO)CCN(CCCCc4nccs4)CC3)c2c1. The number of aliphatic hydroxyl groups is 1. The summed E-state index contributed by atoms with van der Waals surface area (Å²) in [6, 6.07) is 5.46. The van der Waals surface area contributed by atoms with Gasteiger partial charge in [-0.15, -0.1) is 11.3 Å². The van der Waals surface area contributed by atoms with Gasteiger partial charge in [-0.3, -0.25) is 15.0 Å². The van der Waals surface area contributed by atoms with E-state index in [0.717, 1.165) is 44.3 Å². The molecule has 0 radical (unpaired) electrons. The van der Waals surface area contributed by atoms with Crippen LogP contribution in [-0.2, 0) is 11.2 Å². The number of amides is 1. The van der Waals surface area contributed by atoms with E-state index in [1.54, 1.807) is 18.4 Å². The first kappa shape index (κ1) is 26.8. The molecule has 1 saturated heterocycles. The van der Waals surface area contributed by atoms with Crippen LogP contribution in [0.25, 0.3) is 10.9 Å². The number of halogens is 1. The average Bonchev–Trinajstić information content (AvgIpc) is 3.43. The molecule has 2 aromatic heterocycles. The average molecular weight is 533 g/mol. The van der Waals surface area contributed by atoms with E-state index in [0.29, 0.717) is 47.5 Å². The smallest absolute Gasteiger partial charge is 0.249 e. The Kier molecular flexibility index (Phi) is 9.14. The number of benzene rings is 1. The number of hydrogen-bond donors (Lipinski definition) is 3. The number of fused-ring (bicyclic) bond motifs is 1. The van der Waals surface area contributed by atoms with E-state index in [1.165, 1.54) is 11.2 Å². The number of likely N-dealkylation sites (tertiary alicyclic amines) is 1. The summed E-state index contributed by atoms with van der Waals surface area (Å²) in [4.78, 5) is 23.8. The zero-order chi connectivity index (χ0) is 25.5. The number of carbonyl (C=O) groups excluding carboxylic acids is 1. The van der Waals surface area contributed by atoms with Gasteiger partial charge in [-0.25, -0.2) is 10.5 Å². The number of unbranched alkanes of at least 4 members (excludes halogenated alkanes) is 1. The molecule has 8 nitrogen and oxygen atoms in total. The molecule has 36 heavy (non-hydrogen) atoms. The summed E-state index contributed by atoms with van der Waals surface area (Å²) in [5.41, 5.74) is 2.43. The summed E-state index contributed by atoms with van der Waals surface area (Å²) in [7, 11) is 1.58. The second kappa shape index (κ2) is 12.3. The highest BCUT2D eigenvalue weighted by Crippen LogP contribution is 2.41. The Morgan fingerprint density at radius 2 is 2.11 bits per heavy atom. The third-order valence-corrected chi connectivity index (χ3v) is 8.43. The molecule has 194 valence electrons. The van der Waals surface area contributed by atoms with Crippen molar-refractivity contribution in [3.8, 4) is 5.75 Å². The fourth-order valence-electron chi connectivity index (χ4n) is 5.09. The van der Waals surface area contributed by atoms with Gasteiger partial charge >= 0.3 is 0 Å². The van der Waals surface area contributed by atoms with Gasteiger partial charge in [0.05, 0.1) is 34.2 Å². The number of hydroxylamine groups is 1. The number of carbonyl (C=O) groups is 1. The molecule has 4 rings (SSSR count). The number of methoxy groups -OCH3 is 1. The summed E-state index contributed by atoms with van der Waals surface area (Å²) >= 11 is 8.15. The van der Waals surface area contributed by atoms with Gasteiger partial charge in [0, 0.05) is 28.7 Å². The number of hydrogen-bond acceptors (Lipinski definition) is 8. The quantitative estimate of drug-likeness (QED) is 0.185. The van der Waals surface area contributed by atoms with Gasteiger partial charge in [0.1, 0.15) is 5.75 Å². The molecule has 0 bridgehead atoms. The first-order valence-corrected chi connectivity index (χ1v) is 13.6. The number of pyridine rings is 1. The molecule has 10 heteroatoms. The lowest BCUT2D eigenvalue weighted by molar-refractivity contribution is -0.143. The van der Waals surface area contributed by atoms with Crippen LogP contribution in [0.3, 0.4) is 0 Å². The second-order valence-electron chi connectivity index (χ2n) is 9.40. The van der Waals surface area contributed by atoms with Gasteiger partial charge in [-0.05, 0) is 82.8 Å². The Morgan fingerprint density at radius 1 is 1.31 bits per heavy atom. The van der Waals surface area contributed by atoms with E-state index >= 15 is 0 Å². The number of nitrogens with one attached hydrogen (secondary N) is 1. The third-order valence-electron chi connectivity index (χ3n) is 7.29. The monoisotopic (exact) mass is 532 g/mol. The molecule has 0 saturated carbocycles. The molecule has 3 heterocycles. The number of thiazole rings is 1. The van der Waals surface area contributed by atoms with Crippen LogP contribution in [0.4, 0.5) is 0 Å². The molecule has 1 aliphatic rings. The number of nitrogens with zero attached hydrogens (tertiary/aromatic N) is 3. The minimum absolute atomic E-state index is 0.331. The van der Waals surface area contributed by atoms with Crippen molar-refractivity contribution < 1.29 is 19.8 Å². The minimum atomic E-state index is -0.887. The Hall–Kier alpha value is -2.30. The van der Waals surface area contributed by atoms with Crippen LogP contribution in [-0.4, -0.2) is 57.8 Å². The van der Waals surface area contributed by atoms with E-state index in [9.17, 15) is 15.1 Å². The molecule has 1 atom stereocenters. The molecule has 3 aromatic rings. The summed E-state index contributed by atoms with van der Waals surface area (Å²) in [6.07, 6.45) is 7.67. The van der Waals surface area contributed by atoms with Crippen LogP contribution >= 0.6 is 22.9 Å². The molecule has 1 fully saturated rings. The highest BCUT2D eigenvalue weighted by molar-refractivity contribution is 7.09. The van der Waals surface area contributed by atoms with Crippen LogP contribution in [0.1, 0.15) is 55.2 Å². The van der Waals surface area contributed by atoms with Crippen LogP contribution in [0.5, 0.6) is 5.75 Å². The van der Waals surface area contributed by atoms with Gasteiger partial charge in [-0.2, -0.15) is 0 Å². The third kappa shape index (κ3) is 6.15. The Balaban J connectivity index is 1.38. The Bertz CT molecular complexity index is 1150. The molecule has 0 spiro atoms. The maximum atomic E-state index is 12.8. The van der Waals surface area contributed by atoms with Crippen LogP contribution < -0.4 is 10.2 Å². The molecule has 0 aliphatic carbocycles. The van der Waals surface area contributed by atoms with Crippen LogP contribution in [0, 0.1) is 5.41 Å². The number of piperidine rings is 1. The Labute approximate surface area is 220 Å². The summed E-state index contributed by atoms with van der Waals surface area (Å²) in [6.45, 7) is 2.53. The fourth-order valence-corrected chi connectivity index (χ4v) is 6.03. The van der Waals surface area contributed by atoms with E-state index in [2.05, 4.69) is 14.9 Å². The second-order valence-corrected chi connectivity index (χ2v) is 10.8. The molecular weight excluding hydrogens is 500 g/mol. The maximum Gasteiger partial charge on any atom is 0.249 e. The summed E-state index contributed by atoms with van der Waals surface area (Å²) < 4.78 is 5.34. The predicted molar refractivity (Wildman–Crippen MR) is 141 cm³/mol. The van der Waals surface area contributed by atoms with Gasteiger partial charge in [0.25, 0.3) is 0 Å². The number of aromatic nitrogens is 2. The van der Waals surface area contributed by atoms with E-state index in [4.69, 9.17) is 16.3 Å². The van der Waals surface area contributed by atoms with Gasteiger partial charge < -0.3 is 14.7 Å². The molecule has 3 N–H and O–H groups in total. The standard InChI is InChI=1S/C26H33ClN4O4S/c1-35-18-5-6-21-19(16-18)24(20(27)17-29-21)22(32)7-8-26(25(33)30-34)9-13-31(14-10-26)12-3-2-4-23-28-11-15-36-23/h5-6,11,15-17,22,32,34H,2-4,7-10,12-14H2,1H3,(H,30,33). The van der Waals surface area contributed by atoms with Crippen molar-refractivity contribution >= 4 is 39.7 Å². The highest BCUT2D eigenvalue weighted by atomic mass is 35.5. The number of aryl methyl sites for hydroxylation is 1. The first-order chi connectivity index (χ1) is 17.5. The van der Waals surface area contributed by atoms with Crippen molar-refractivity contribution in [3.05, 3.63) is 51.6 Å². The first-order valence-electron chi connectivity index (χ1n) is 12.3. The van der Waals surface area contributed by atoms with Crippen LogP contribution in [0.15, 0.2) is 36.0 Å². The van der Waals surface area contributed by atoms with E-state index < -0.39 is 11.5 Å². The topological polar surface area (TPSA) is 108 Å². The van der Waals surface area contributed by atoms with Crippen molar-refractivity contribution in [1.29, 1.82) is 0 Å². The predicted octanol–water partition coefficient (Wildman–Crippen LogP) is 4.78.